The van der Waals surface area contributed by atoms with Crippen LogP contribution >= 0.6 is 0 Å². The molecule has 1 atom stereocenters. The van der Waals surface area contributed by atoms with Crippen LogP contribution in [0.5, 0.6) is 0 Å². The standard InChI is InChI=1S/C21H30FN5O/c1-21(2,28)20-15-27(24-23-20)13-16-7-10-25(11-8-16)19-9-12-26(14-19)18-5-3-17(22)4-6-18/h3-6,15-16,19,28H,7-14H2,1-2H3/t19-/m0/s1. The van der Waals surface area contributed by atoms with Crippen LogP contribution in [0.15, 0.2) is 30.5 Å². The number of aliphatic hydroxyl groups is 1. The van der Waals surface area contributed by atoms with Crippen molar-refractivity contribution in [2.24, 2.45) is 5.92 Å². The molecule has 28 heavy (non-hydrogen) atoms. The fraction of sp³-hybridized carbons (Fsp3) is 0.619. The number of halogens is 1. The van der Waals surface area contributed by atoms with E-state index < -0.39 is 5.60 Å². The monoisotopic (exact) mass is 387 g/mol. The Morgan fingerprint density at radius 2 is 1.82 bits per heavy atom. The normalized spacial score (nSPS) is 22.1. The highest BCUT2D eigenvalue weighted by atomic mass is 19.1. The van der Waals surface area contributed by atoms with Crippen molar-refractivity contribution in [3.05, 3.63) is 42.0 Å². The Bertz CT molecular complexity index is 777. The predicted octanol–water partition coefficient (Wildman–Crippen LogP) is 2.64. The maximum absolute atomic E-state index is 13.1. The smallest absolute Gasteiger partial charge is 0.123 e. The molecule has 0 saturated carbocycles. The van der Waals surface area contributed by atoms with Crippen molar-refractivity contribution >= 4 is 5.69 Å². The number of rotatable bonds is 5. The van der Waals surface area contributed by atoms with Gasteiger partial charge in [-0.05, 0) is 76.4 Å². The molecule has 7 heteroatoms. The van der Waals surface area contributed by atoms with Crippen molar-refractivity contribution in [2.45, 2.75) is 51.3 Å². The van der Waals surface area contributed by atoms with Gasteiger partial charge in [-0.1, -0.05) is 5.21 Å². The van der Waals surface area contributed by atoms with E-state index in [2.05, 4.69) is 20.1 Å². The molecule has 1 N–H and O–H groups in total. The molecule has 0 aliphatic carbocycles. The molecule has 2 saturated heterocycles. The molecule has 1 aromatic carbocycles. The van der Waals surface area contributed by atoms with E-state index in [1.54, 1.807) is 26.0 Å². The van der Waals surface area contributed by atoms with Crippen LogP contribution in [0, 0.1) is 11.7 Å². The molecule has 0 bridgehead atoms. The van der Waals surface area contributed by atoms with Gasteiger partial charge in [-0.3, -0.25) is 9.58 Å². The summed E-state index contributed by atoms with van der Waals surface area (Å²) < 4.78 is 15.0. The van der Waals surface area contributed by atoms with Crippen LogP contribution < -0.4 is 4.90 Å². The fourth-order valence-electron chi connectivity index (χ4n) is 4.36. The number of hydrogen-bond donors (Lipinski definition) is 1. The van der Waals surface area contributed by atoms with Gasteiger partial charge in [0.1, 0.15) is 17.1 Å². The van der Waals surface area contributed by atoms with Gasteiger partial charge in [0.15, 0.2) is 0 Å². The highest BCUT2D eigenvalue weighted by molar-refractivity contribution is 5.47. The molecule has 2 fully saturated rings. The van der Waals surface area contributed by atoms with Gasteiger partial charge in [-0.2, -0.15) is 0 Å². The van der Waals surface area contributed by atoms with Gasteiger partial charge >= 0.3 is 0 Å². The van der Waals surface area contributed by atoms with Crippen LogP contribution in [0.1, 0.15) is 38.8 Å². The summed E-state index contributed by atoms with van der Waals surface area (Å²) in [6, 6.07) is 7.43. The molecule has 0 unspecified atom stereocenters. The van der Waals surface area contributed by atoms with Crippen LogP contribution in [0.25, 0.3) is 0 Å². The highest BCUT2D eigenvalue weighted by Gasteiger charge is 2.31. The second-order valence-corrected chi connectivity index (χ2v) is 8.73. The van der Waals surface area contributed by atoms with E-state index in [0.717, 1.165) is 51.3 Å². The summed E-state index contributed by atoms with van der Waals surface area (Å²) in [7, 11) is 0. The minimum absolute atomic E-state index is 0.177. The minimum atomic E-state index is -0.944. The molecule has 0 spiro atoms. The Morgan fingerprint density at radius 1 is 1.11 bits per heavy atom. The Labute approximate surface area is 165 Å². The number of benzene rings is 1. The van der Waals surface area contributed by atoms with Crippen LogP contribution in [0.3, 0.4) is 0 Å². The van der Waals surface area contributed by atoms with Gasteiger partial charge in [0.05, 0.1) is 6.20 Å². The van der Waals surface area contributed by atoms with E-state index in [1.807, 2.05) is 23.0 Å². The van der Waals surface area contributed by atoms with Crippen molar-refractivity contribution in [1.29, 1.82) is 0 Å². The fourth-order valence-corrected chi connectivity index (χ4v) is 4.36. The van der Waals surface area contributed by atoms with E-state index in [0.29, 0.717) is 17.7 Å². The van der Waals surface area contributed by atoms with Gasteiger partial charge in [-0.25, -0.2) is 4.39 Å². The van der Waals surface area contributed by atoms with Crippen molar-refractivity contribution in [1.82, 2.24) is 19.9 Å². The van der Waals surface area contributed by atoms with Gasteiger partial charge in [0.25, 0.3) is 0 Å². The molecule has 6 nitrogen and oxygen atoms in total. The van der Waals surface area contributed by atoms with Crippen LogP contribution in [0.4, 0.5) is 10.1 Å². The van der Waals surface area contributed by atoms with Gasteiger partial charge < -0.3 is 10.0 Å². The zero-order valence-electron chi connectivity index (χ0n) is 16.8. The molecule has 0 amide bonds. The molecular weight excluding hydrogens is 357 g/mol. The maximum atomic E-state index is 13.1. The largest absolute Gasteiger partial charge is 0.384 e. The van der Waals surface area contributed by atoms with Gasteiger partial charge in [0.2, 0.25) is 0 Å². The molecule has 2 aromatic rings. The first kappa shape index (κ1) is 19.3. The van der Waals surface area contributed by atoms with E-state index in [9.17, 15) is 9.50 Å². The van der Waals surface area contributed by atoms with E-state index in [1.165, 1.54) is 6.42 Å². The van der Waals surface area contributed by atoms with Crippen molar-refractivity contribution in [3.63, 3.8) is 0 Å². The lowest BCUT2D eigenvalue weighted by Crippen LogP contribution is -2.43. The Balaban J connectivity index is 1.26. The van der Waals surface area contributed by atoms with Crippen LogP contribution in [-0.4, -0.2) is 57.2 Å². The molecule has 152 valence electrons. The lowest BCUT2D eigenvalue weighted by atomic mass is 9.95. The summed E-state index contributed by atoms with van der Waals surface area (Å²) in [5.41, 5.74) is 0.796. The number of likely N-dealkylation sites (tertiary alicyclic amines) is 1. The van der Waals surface area contributed by atoms with Crippen molar-refractivity contribution < 1.29 is 9.50 Å². The summed E-state index contributed by atoms with van der Waals surface area (Å²) in [6.45, 7) is 8.61. The number of aromatic nitrogens is 3. The Morgan fingerprint density at radius 3 is 2.46 bits per heavy atom. The quantitative estimate of drug-likeness (QED) is 0.855. The zero-order chi connectivity index (χ0) is 19.7. The summed E-state index contributed by atoms with van der Waals surface area (Å²) in [4.78, 5) is 4.98. The molecule has 1 aromatic heterocycles. The number of nitrogens with zero attached hydrogens (tertiary/aromatic N) is 5. The molecule has 3 heterocycles. The summed E-state index contributed by atoms with van der Waals surface area (Å²) in [5.74, 6) is 0.422. The topological polar surface area (TPSA) is 57.4 Å². The lowest BCUT2D eigenvalue weighted by molar-refractivity contribution is 0.0737. The number of anilines is 1. The predicted molar refractivity (Wildman–Crippen MR) is 107 cm³/mol. The summed E-state index contributed by atoms with van der Waals surface area (Å²) in [5, 5.41) is 18.3. The Hall–Kier alpha value is -1.99. The van der Waals surface area contributed by atoms with E-state index in [4.69, 9.17) is 0 Å². The first-order chi connectivity index (χ1) is 13.4. The third-order valence-corrected chi connectivity index (χ3v) is 6.13. The van der Waals surface area contributed by atoms with Crippen molar-refractivity contribution in [3.8, 4) is 0 Å². The van der Waals surface area contributed by atoms with Gasteiger partial charge in [0, 0.05) is 31.4 Å². The van der Waals surface area contributed by atoms with E-state index >= 15 is 0 Å². The molecule has 2 aliphatic heterocycles. The number of hydrogen-bond acceptors (Lipinski definition) is 5. The second-order valence-electron chi connectivity index (χ2n) is 8.73. The number of piperidine rings is 1. The van der Waals surface area contributed by atoms with Gasteiger partial charge in [-0.15, -0.1) is 5.10 Å². The van der Waals surface area contributed by atoms with Crippen LogP contribution in [-0.2, 0) is 12.1 Å². The SMILES string of the molecule is CC(C)(O)c1cn(CC2CCN([C@H]3CCN(c4ccc(F)cc4)C3)CC2)nn1. The average Bonchev–Trinajstić information content (AvgIpc) is 3.33. The van der Waals surface area contributed by atoms with Crippen LogP contribution in [0.2, 0.25) is 0 Å². The summed E-state index contributed by atoms with van der Waals surface area (Å²) >= 11 is 0. The summed E-state index contributed by atoms with van der Waals surface area (Å²) in [6.07, 6.45) is 5.35. The first-order valence-corrected chi connectivity index (χ1v) is 10.3. The third kappa shape index (κ3) is 4.36. The first-order valence-electron chi connectivity index (χ1n) is 10.3. The molecule has 4 rings (SSSR count). The second kappa shape index (κ2) is 7.79. The molecule has 2 aliphatic rings. The molecular formula is C21H30FN5O. The zero-order valence-corrected chi connectivity index (χ0v) is 16.8. The maximum Gasteiger partial charge on any atom is 0.123 e. The highest BCUT2D eigenvalue weighted by Crippen LogP contribution is 2.27. The molecule has 0 radical (unpaired) electrons. The average molecular weight is 388 g/mol. The van der Waals surface area contributed by atoms with E-state index in [-0.39, 0.29) is 5.82 Å². The van der Waals surface area contributed by atoms with Crippen molar-refractivity contribution in [2.75, 3.05) is 31.1 Å². The minimum Gasteiger partial charge on any atom is -0.384 e. The lowest BCUT2D eigenvalue weighted by Gasteiger charge is -2.36. The third-order valence-electron chi connectivity index (χ3n) is 6.13. The Kier molecular flexibility index (Phi) is 5.38.